The monoisotopic (exact) mass is 430 g/mol. The van der Waals surface area contributed by atoms with Gasteiger partial charge in [-0.3, -0.25) is 4.67 Å². The Balaban J connectivity index is 1.92. The van der Waals surface area contributed by atoms with Crippen LogP contribution < -0.4 is 4.78 Å². The molecule has 1 aliphatic carbocycles. The van der Waals surface area contributed by atoms with Crippen molar-refractivity contribution in [2.24, 2.45) is 10.5 Å². The predicted molar refractivity (Wildman–Crippen MR) is 129 cm³/mol. The molecule has 4 rings (SSSR count). The lowest BCUT2D eigenvalue weighted by molar-refractivity contribution is 0.240. The van der Waals surface area contributed by atoms with E-state index in [-0.39, 0.29) is 5.41 Å². The smallest absolute Gasteiger partial charge is 0.154 e. The molecule has 1 saturated heterocycles. The summed E-state index contributed by atoms with van der Waals surface area (Å²) >= 11 is 6.67. The van der Waals surface area contributed by atoms with E-state index in [1.165, 1.54) is 49.1 Å². The highest BCUT2D eigenvalue weighted by atomic mass is 32.4. The van der Waals surface area contributed by atoms with Gasteiger partial charge in [0.15, 0.2) is 6.34 Å². The highest BCUT2D eigenvalue weighted by Crippen LogP contribution is 2.69. The lowest BCUT2D eigenvalue weighted by Crippen LogP contribution is -2.37. The molecule has 158 valence electrons. The van der Waals surface area contributed by atoms with E-state index in [0.29, 0.717) is 0 Å². The Morgan fingerprint density at radius 1 is 1.03 bits per heavy atom. The van der Waals surface area contributed by atoms with Crippen molar-refractivity contribution in [2.45, 2.75) is 59.8 Å². The summed E-state index contributed by atoms with van der Waals surface area (Å²) in [6.45, 7) is 13.5. The van der Waals surface area contributed by atoms with Crippen molar-refractivity contribution in [1.29, 1.82) is 0 Å². The number of fused-ring (bicyclic) bond motifs is 1. The van der Waals surface area contributed by atoms with Gasteiger partial charge in [0, 0.05) is 31.9 Å². The van der Waals surface area contributed by atoms with Gasteiger partial charge in [-0.15, -0.1) is 0 Å². The molecule has 0 unspecified atom stereocenters. The van der Waals surface area contributed by atoms with Gasteiger partial charge < -0.3 is 4.90 Å². The number of hydrazone groups is 1. The summed E-state index contributed by atoms with van der Waals surface area (Å²) in [5.41, 5.74) is 4.12. The van der Waals surface area contributed by atoms with Crippen LogP contribution in [0.3, 0.4) is 0 Å². The molecule has 0 radical (unpaired) electrons. The molecule has 0 N–H and O–H groups in total. The Bertz CT molecular complexity index is 851. The van der Waals surface area contributed by atoms with E-state index >= 15 is 0 Å². The highest BCUT2D eigenvalue weighted by molar-refractivity contribution is 8.16. The predicted octanol–water partition coefficient (Wildman–Crippen LogP) is 6.03. The number of rotatable bonds is 5. The van der Waals surface area contributed by atoms with Gasteiger partial charge in [0.25, 0.3) is 0 Å². The van der Waals surface area contributed by atoms with Crippen molar-refractivity contribution in [1.82, 2.24) is 9.57 Å². The van der Waals surface area contributed by atoms with Crippen LogP contribution in [0.25, 0.3) is 0 Å². The zero-order valence-corrected chi connectivity index (χ0v) is 20.1. The molecule has 4 nitrogen and oxygen atoms in total. The number of benzene rings is 1. The van der Waals surface area contributed by atoms with Crippen LogP contribution in [0.5, 0.6) is 0 Å². The fraction of sp³-hybridized carbons (Fsp3) is 0.609. The number of hydrogen-bond donors (Lipinski definition) is 0. The second-order valence-electron chi connectivity index (χ2n) is 9.22. The minimum Gasteiger partial charge on any atom is -0.374 e. The molecule has 0 spiro atoms. The fourth-order valence-corrected chi connectivity index (χ4v) is 9.95. The third kappa shape index (κ3) is 3.71. The van der Waals surface area contributed by atoms with E-state index in [2.05, 4.69) is 72.4 Å². The Morgan fingerprint density at radius 2 is 1.69 bits per heavy atom. The van der Waals surface area contributed by atoms with Crippen LogP contribution in [0, 0.1) is 5.41 Å². The Hall–Kier alpha value is -1.16. The third-order valence-corrected chi connectivity index (χ3v) is 11.4. The van der Waals surface area contributed by atoms with E-state index < -0.39 is 6.34 Å². The summed E-state index contributed by atoms with van der Waals surface area (Å²) in [6.07, 6.45) is 3.88. The highest BCUT2D eigenvalue weighted by Gasteiger charge is 2.49. The third-order valence-electron chi connectivity index (χ3n) is 6.44. The molecule has 0 aromatic heterocycles. The molecule has 1 fully saturated rings. The van der Waals surface area contributed by atoms with Crippen molar-refractivity contribution in [2.75, 3.05) is 31.0 Å². The van der Waals surface area contributed by atoms with E-state index in [0.717, 1.165) is 31.6 Å². The minimum atomic E-state index is -2.19. The molecule has 0 bridgehead atoms. The first kappa shape index (κ1) is 21.1. The van der Waals surface area contributed by atoms with E-state index in [9.17, 15) is 0 Å². The summed E-state index contributed by atoms with van der Waals surface area (Å²) in [6, 6.07) is 10.6. The second-order valence-corrected chi connectivity index (χ2v) is 13.2. The van der Waals surface area contributed by atoms with Gasteiger partial charge in [0.05, 0.1) is 16.7 Å². The summed E-state index contributed by atoms with van der Waals surface area (Å²) in [4.78, 5) is 2.66. The molecule has 0 amide bonds. The Morgan fingerprint density at radius 3 is 2.31 bits per heavy atom. The van der Waals surface area contributed by atoms with Crippen molar-refractivity contribution in [3.05, 3.63) is 41.3 Å². The number of nitrogens with zero attached hydrogens (tertiary/aromatic N) is 4. The molecule has 1 aromatic rings. The van der Waals surface area contributed by atoms with Crippen molar-refractivity contribution < 1.29 is 0 Å². The maximum Gasteiger partial charge on any atom is 0.154 e. The van der Waals surface area contributed by atoms with Gasteiger partial charge in [-0.2, -0.15) is 5.10 Å². The summed E-state index contributed by atoms with van der Waals surface area (Å²) in [5.74, 6) is 0. The number of piperidine rings is 1. The topological polar surface area (TPSA) is 22.1 Å². The molecule has 6 heteroatoms. The maximum absolute atomic E-state index is 6.67. The summed E-state index contributed by atoms with van der Waals surface area (Å²) < 4.78 is 4.76. The largest absolute Gasteiger partial charge is 0.374 e. The van der Waals surface area contributed by atoms with Crippen LogP contribution in [0.15, 0.2) is 46.4 Å². The number of likely N-dealkylation sites (tertiary alicyclic amines) is 1. The molecule has 3 aliphatic rings. The van der Waals surface area contributed by atoms with Crippen molar-refractivity contribution >= 4 is 29.5 Å². The number of para-hydroxylation sites is 1. The Labute approximate surface area is 181 Å². The summed E-state index contributed by atoms with van der Waals surface area (Å²) in [7, 11) is 0. The van der Waals surface area contributed by atoms with Crippen molar-refractivity contribution in [3.8, 4) is 0 Å². The molecule has 0 saturated carbocycles. The lowest BCUT2D eigenvalue weighted by atomic mass is 9.78. The molecular formula is C23H35N4PS. The molecule has 2 aliphatic heterocycles. The molecule has 1 aromatic carbocycles. The van der Waals surface area contributed by atoms with Gasteiger partial charge in [-0.05, 0) is 49.7 Å². The number of hydrogen-bond acceptors (Lipinski definition) is 3. The van der Waals surface area contributed by atoms with E-state index in [1.54, 1.807) is 0 Å². The zero-order chi connectivity index (χ0) is 20.6. The average molecular weight is 431 g/mol. The molecular weight excluding hydrogens is 395 g/mol. The first-order valence-corrected chi connectivity index (χ1v) is 13.9. The van der Waals surface area contributed by atoms with Crippen LogP contribution in [-0.4, -0.2) is 41.5 Å². The summed E-state index contributed by atoms with van der Waals surface area (Å²) in [5, 5.41) is 6.68. The maximum atomic E-state index is 6.67. The zero-order valence-electron chi connectivity index (χ0n) is 18.4. The second kappa shape index (κ2) is 8.17. The first-order valence-electron chi connectivity index (χ1n) is 11.2. The van der Waals surface area contributed by atoms with Crippen LogP contribution in [0.1, 0.15) is 59.8 Å². The average Bonchev–Trinajstić information content (AvgIpc) is 3.01. The minimum absolute atomic E-state index is 0.227. The normalized spacial score (nSPS) is 26.7. The van der Waals surface area contributed by atoms with E-state index in [4.69, 9.17) is 16.9 Å². The lowest BCUT2D eigenvalue weighted by Gasteiger charge is -2.44. The van der Waals surface area contributed by atoms with Gasteiger partial charge in [-0.1, -0.05) is 57.7 Å². The van der Waals surface area contributed by atoms with Gasteiger partial charge >= 0.3 is 0 Å². The Kier molecular flexibility index (Phi) is 5.94. The van der Waals surface area contributed by atoms with Crippen LogP contribution in [0.4, 0.5) is 5.69 Å². The van der Waals surface area contributed by atoms with Crippen molar-refractivity contribution in [3.63, 3.8) is 0 Å². The quantitative estimate of drug-likeness (QED) is 0.532. The molecule has 29 heavy (non-hydrogen) atoms. The van der Waals surface area contributed by atoms with Crippen LogP contribution >= 0.6 is 6.34 Å². The van der Waals surface area contributed by atoms with Crippen LogP contribution in [-0.2, 0) is 11.8 Å². The fourth-order valence-electron chi connectivity index (χ4n) is 5.06. The number of anilines is 1. The molecule has 2 heterocycles. The first-order chi connectivity index (χ1) is 13.9. The standard InChI is InChI=1S/C23H35N4PS/c1-5-26(6-2)28(29)22-20(24-27(28)19-13-9-7-10-14-19)17-23(3,4)18-21(22)25-15-11-8-12-16-25/h7,9-10,13-14H,5-6,8,11-12,15-18H2,1-4H3/t28-/m0/s1. The van der Waals surface area contributed by atoms with Gasteiger partial charge in [0.1, 0.15) is 0 Å². The van der Waals surface area contributed by atoms with Gasteiger partial charge in [-0.25, -0.2) is 4.78 Å². The SMILES string of the molecule is CCN(CC)[P@@]1(=S)C2=C(N3CCCCC3)CC(C)(C)CC2=NN1c1ccccc1. The molecule has 1 atom stereocenters. The van der Waals surface area contributed by atoms with Crippen LogP contribution in [0.2, 0.25) is 0 Å². The number of allylic oxidation sites excluding steroid dienone is 2. The van der Waals surface area contributed by atoms with Gasteiger partial charge in [0.2, 0.25) is 0 Å². The van der Waals surface area contributed by atoms with E-state index in [1.807, 2.05) is 0 Å².